The van der Waals surface area contributed by atoms with E-state index in [9.17, 15) is 0 Å². The van der Waals surface area contributed by atoms with Gasteiger partial charge in [0.05, 0.1) is 11.0 Å². The first-order valence-electron chi connectivity index (χ1n) is 18.2. The Hall–Kier alpha value is -6.72. The lowest BCUT2D eigenvalue weighted by atomic mass is 9.34. The van der Waals surface area contributed by atoms with Gasteiger partial charge in [0.15, 0.2) is 0 Å². The number of fused-ring (bicyclic) bond motifs is 9. The van der Waals surface area contributed by atoms with Crippen LogP contribution in [-0.4, -0.2) is 11.3 Å². The maximum Gasteiger partial charge on any atom is 0.261 e. The highest BCUT2D eigenvalue weighted by molar-refractivity contribution is 6.99. The molecule has 53 heavy (non-hydrogen) atoms. The van der Waals surface area contributed by atoms with Crippen LogP contribution < -0.4 is 30.8 Å². The first-order valence-corrected chi connectivity index (χ1v) is 18.2. The van der Waals surface area contributed by atoms with E-state index in [0.717, 1.165) is 73.1 Å². The van der Waals surface area contributed by atoms with Crippen molar-refractivity contribution in [2.24, 2.45) is 0 Å². The van der Waals surface area contributed by atoms with Crippen LogP contribution in [0.5, 0.6) is 23.0 Å². The third-order valence-electron chi connectivity index (χ3n) is 11.0. The van der Waals surface area contributed by atoms with Crippen LogP contribution in [0.15, 0.2) is 164 Å². The van der Waals surface area contributed by atoms with Crippen molar-refractivity contribution in [1.82, 2.24) is 4.57 Å². The summed E-state index contributed by atoms with van der Waals surface area (Å²) >= 11 is 0. The summed E-state index contributed by atoms with van der Waals surface area (Å²) < 4.78 is 15.8. The Morgan fingerprint density at radius 2 is 1.08 bits per heavy atom. The quantitative estimate of drug-likeness (QED) is 0.173. The molecular weight excluding hydrogens is 647 g/mol. The van der Waals surface area contributed by atoms with Gasteiger partial charge in [0.25, 0.3) is 6.71 Å². The molecule has 0 atom stereocenters. The summed E-state index contributed by atoms with van der Waals surface area (Å²) in [5.74, 6) is 3.47. The van der Waals surface area contributed by atoms with Gasteiger partial charge in [-0.25, -0.2) is 0 Å². The van der Waals surface area contributed by atoms with E-state index in [2.05, 4.69) is 181 Å². The molecule has 5 heteroatoms. The summed E-state index contributed by atoms with van der Waals surface area (Å²) in [7, 11) is 0. The van der Waals surface area contributed by atoms with E-state index < -0.39 is 0 Å². The zero-order valence-corrected chi connectivity index (χ0v) is 29.4. The van der Waals surface area contributed by atoms with Crippen LogP contribution in [0.25, 0.3) is 38.3 Å². The molecule has 4 nitrogen and oxygen atoms in total. The predicted octanol–water partition coefficient (Wildman–Crippen LogP) is 10.8. The average molecular weight is 681 g/mol. The molecule has 0 saturated carbocycles. The third kappa shape index (κ3) is 4.57. The van der Waals surface area contributed by atoms with Gasteiger partial charge in [-0.1, -0.05) is 96.1 Å². The number of aryl methyl sites for hydroxylation is 2. The van der Waals surface area contributed by atoms with Crippen LogP contribution in [-0.2, 0) is 0 Å². The Morgan fingerprint density at radius 1 is 0.453 bits per heavy atom. The Morgan fingerprint density at radius 3 is 1.81 bits per heavy atom. The summed E-state index contributed by atoms with van der Waals surface area (Å²) in [5, 5.41) is 4.71. The van der Waals surface area contributed by atoms with Gasteiger partial charge >= 0.3 is 0 Å². The summed E-state index contributed by atoms with van der Waals surface area (Å²) in [6.07, 6.45) is 0. The Kier molecular flexibility index (Phi) is 6.44. The Balaban J connectivity index is 1.19. The van der Waals surface area contributed by atoms with Crippen LogP contribution >= 0.6 is 0 Å². The van der Waals surface area contributed by atoms with Gasteiger partial charge in [-0.05, 0) is 114 Å². The second-order valence-electron chi connectivity index (χ2n) is 14.3. The van der Waals surface area contributed by atoms with Gasteiger partial charge in [-0.15, -0.1) is 0 Å². The number of benzene rings is 8. The van der Waals surface area contributed by atoms with Crippen LogP contribution in [0.3, 0.4) is 0 Å². The number of aromatic nitrogens is 1. The van der Waals surface area contributed by atoms with Crippen molar-refractivity contribution in [2.45, 2.75) is 13.8 Å². The summed E-state index contributed by atoms with van der Waals surface area (Å²) in [4.78, 5) is 2.35. The molecule has 2 aliphatic heterocycles. The molecule has 9 aromatic rings. The molecular formula is C48H33BN2O2. The number of anilines is 3. The molecule has 0 spiro atoms. The Labute approximate surface area is 308 Å². The molecule has 0 unspecified atom stereocenters. The lowest BCUT2D eigenvalue weighted by molar-refractivity contribution is 0.465. The maximum absolute atomic E-state index is 6.82. The molecule has 0 radical (unpaired) electrons. The highest BCUT2D eigenvalue weighted by Crippen LogP contribution is 2.42. The molecule has 250 valence electrons. The van der Waals surface area contributed by atoms with E-state index in [-0.39, 0.29) is 6.71 Å². The van der Waals surface area contributed by atoms with Crippen molar-refractivity contribution in [1.29, 1.82) is 0 Å². The van der Waals surface area contributed by atoms with Crippen molar-refractivity contribution in [3.63, 3.8) is 0 Å². The van der Waals surface area contributed by atoms with Crippen LogP contribution in [0.1, 0.15) is 11.1 Å². The van der Waals surface area contributed by atoms with Crippen LogP contribution in [0, 0.1) is 13.8 Å². The summed E-state index contributed by atoms with van der Waals surface area (Å²) in [6, 6.07) is 58.8. The summed E-state index contributed by atoms with van der Waals surface area (Å²) in [6.45, 7) is 4.21. The molecule has 3 heterocycles. The number of nitrogens with zero attached hydrogens (tertiary/aromatic N) is 2. The van der Waals surface area contributed by atoms with E-state index in [0.29, 0.717) is 0 Å². The number of rotatable bonds is 4. The minimum absolute atomic E-state index is 0.0550. The molecule has 2 aliphatic rings. The van der Waals surface area contributed by atoms with E-state index in [1.165, 1.54) is 32.7 Å². The van der Waals surface area contributed by atoms with Crippen LogP contribution in [0.2, 0.25) is 0 Å². The molecule has 0 aliphatic carbocycles. The lowest BCUT2D eigenvalue weighted by Crippen LogP contribution is -2.57. The smallest absolute Gasteiger partial charge is 0.261 e. The topological polar surface area (TPSA) is 26.6 Å². The predicted molar refractivity (Wildman–Crippen MR) is 220 cm³/mol. The molecule has 11 rings (SSSR count). The standard InChI is InChI=1S/C48H33BN2O2/c1-30-15-20-34(21-16-30)50(35-22-17-31(2)18-23-35)36-24-25-38-39-28-46-40(29-42(39)51(41(38)27-36)33-10-4-3-5-11-33)49-47-37-12-7-6-9-32(37)19-26-45(47)52-43-13-8-14-44(53-46)48(43)49/h3-29H,1-2H3. The highest BCUT2D eigenvalue weighted by Gasteiger charge is 2.41. The number of hydrogen-bond donors (Lipinski definition) is 0. The second kappa shape index (κ2) is 11.4. The van der Waals surface area contributed by atoms with Gasteiger partial charge in [0, 0.05) is 39.0 Å². The number of ether oxygens (including phenoxy) is 2. The van der Waals surface area contributed by atoms with Crippen molar-refractivity contribution in [3.05, 3.63) is 175 Å². The van der Waals surface area contributed by atoms with Crippen molar-refractivity contribution in [3.8, 4) is 28.7 Å². The normalized spacial score (nSPS) is 12.6. The molecule has 0 bridgehead atoms. The maximum atomic E-state index is 6.82. The largest absolute Gasteiger partial charge is 0.458 e. The van der Waals surface area contributed by atoms with Gasteiger partial charge in [0.1, 0.15) is 23.0 Å². The monoisotopic (exact) mass is 680 g/mol. The van der Waals surface area contributed by atoms with Gasteiger partial charge in [-0.3, -0.25) is 0 Å². The van der Waals surface area contributed by atoms with E-state index >= 15 is 0 Å². The minimum atomic E-state index is -0.0550. The molecule has 0 N–H and O–H groups in total. The van der Waals surface area contributed by atoms with Crippen molar-refractivity contribution in [2.75, 3.05) is 4.90 Å². The highest BCUT2D eigenvalue weighted by atomic mass is 16.5. The summed E-state index contributed by atoms with van der Waals surface area (Å²) in [5.41, 5.74) is 12.6. The fourth-order valence-corrected chi connectivity index (χ4v) is 8.53. The van der Waals surface area contributed by atoms with Gasteiger partial charge < -0.3 is 18.9 Å². The van der Waals surface area contributed by atoms with Gasteiger partial charge in [-0.2, -0.15) is 0 Å². The first kappa shape index (κ1) is 30.0. The zero-order valence-electron chi connectivity index (χ0n) is 29.4. The first-order chi connectivity index (χ1) is 26.1. The fraction of sp³-hybridized carbons (Fsp3) is 0.0417. The average Bonchev–Trinajstić information content (AvgIpc) is 3.51. The molecule has 1 aromatic heterocycles. The zero-order chi connectivity index (χ0) is 35.2. The molecule has 0 amide bonds. The fourth-order valence-electron chi connectivity index (χ4n) is 8.53. The molecule has 8 aromatic carbocycles. The lowest BCUT2D eigenvalue weighted by Gasteiger charge is -2.33. The number of hydrogen-bond acceptors (Lipinski definition) is 3. The minimum Gasteiger partial charge on any atom is -0.458 e. The van der Waals surface area contributed by atoms with E-state index in [4.69, 9.17) is 9.47 Å². The SMILES string of the molecule is Cc1ccc(N(c2ccc(C)cc2)c2ccc3c4cc5c(cc4n(-c4ccccc4)c3c2)B2c3c(cccc3Oc3ccc4ccccc4c32)O5)cc1. The van der Waals surface area contributed by atoms with Crippen molar-refractivity contribution >= 4 is 72.7 Å². The number of para-hydroxylation sites is 1. The molecule has 0 saturated heterocycles. The Bertz CT molecular complexity index is 2870. The van der Waals surface area contributed by atoms with E-state index in [1.807, 2.05) is 6.07 Å². The molecule has 0 fully saturated rings. The van der Waals surface area contributed by atoms with E-state index in [1.54, 1.807) is 0 Å². The second-order valence-corrected chi connectivity index (χ2v) is 14.3. The third-order valence-corrected chi connectivity index (χ3v) is 11.0. The van der Waals surface area contributed by atoms with Crippen molar-refractivity contribution < 1.29 is 9.47 Å². The van der Waals surface area contributed by atoms with Crippen LogP contribution in [0.4, 0.5) is 17.1 Å². The van der Waals surface area contributed by atoms with Gasteiger partial charge in [0.2, 0.25) is 0 Å².